The zero-order valence-corrected chi connectivity index (χ0v) is 13.8. The molecule has 7 heteroatoms. The van der Waals surface area contributed by atoms with Crippen molar-refractivity contribution >= 4 is 0 Å². The molecule has 25 heavy (non-hydrogen) atoms. The van der Waals surface area contributed by atoms with Crippen molar-refractivity contribution in [1.82, 2.24) is 25.1 Å². The Morgan fingerprint density at radius 3 is 2.68 bits per heavy atom. The molecule has 3 aromatic rings. The van der Waals surface area contributed by atoms with Crippen LogP contribution in [0.4, 0.5) is 4.39 Å². The fourth-order valence-corrected chi connectivity index (χ4v) is 3.24. The highest BCUT2D eigenvalue weighted by molar-refractivity contribution is 5.32. The largest absolute Gasteiger partial charge is 0.497 e. The van der Waals surface area contributed by atoms with Gasteiger partial charge in [0.05, 0.1) is 19.7 Å². The van der Waals surface area contributed by atoms with Gasteiger partial charge in [-0.25, -0.2) is 9.07 Å². The molecule has 0 saturated heterocycles. The molecule has 2 aromatic carbocycles. The number of halogens is 1. The standard InChI is InChI=1S/C18H18FN5O/c1-25-15-8-6-13(7-9-15)17-18-20-21-22-24(18)11-10-23(17)12-14-4-2-3-5-16(14)19/h2-9,17H,10-12H2,1H3. The van der Waals surface area contributed by atoms with E-state index in [9.17, 15) is 4.39 Å². The van der Waals surface area contributed by atoms with Crippen LogP contribution < -0.4 is 4.74 Å². The molecule has 1 aliphatic heterocycles. The van der Waals surface area contributed by atoms with E-state index in [-0.39, 0.29) is 11.9 Å². The lowest BCUT2D eigenvalue weighted by Gasteiger charge is -2.35. The highest BCUT2D eigenvalue weighted by Gasteiger charge is 2.32. The number of rotatable bonds is 4. The third-order valence-electron chi connectivity index (χ3n) is 4.53. The monoisotopic (exact) mass is 339 g/mol. The van der Waals surface area contributed by atoms with E-state index in [1.807, 2.05) is 41.1 Å². The predicted octanol–water partition coefficient (Wildman–Crippen LogP) is 2.43. The van der Waals surface area contributed by atoms with Gasteiger partial charge in [-0.3, -0.25) is 4.90 Å². The van der Waals surface area contributed by atoms with Gasteiger partial charge in [-0.15, -0.1) is 5.10 Å². The van der Waals surface area contributed by atoms with Crippen LogP contribution in [-0.2, 0) is 13.1 Å². The molecule has 0 aliphatic carbocycles. The number of tetrazole rings is 1. The molecule has 0 N–H and O–H groups in total. The SMILES string of the molecule is COc1ccc(C2c3nnnn3CCN2Cc2ccccc2F)cc1. The van der Waals surface area contributed by atoms with Crippen LogP contribution in [0.15, 0.2) is 48.5 Å². The first-order valence-corrected chi connectivity index (χ1v) is 8.14. The second kappa shape index (κ2) is 6.60. The molecule has 6 nitrogen and oxygen atoms in total. The molecule has 1 atom stereocenters. The van der Waals surface area contributed by atoms with Gasteiger partial charge in [0.25, 0.3) is 0 Å². The quantitative estimate of drug-likeness (QED) is 0.731. The number of methoxy groups -OCH3 is 1. The Morgan fingerprint density at radius 2 is 1.92 bits per heavy atom. The molecule has 0 fully saturated rings. The van der Waals surface area contributed by atoms with Crippen LogP contribution in [0.1, 0.15) is 23.0 Å². The van der Waals surface area contributed by atoms with Gasteiger partial charge in [-0.1, -0.05) is 30.3 Å². The zero-order chi connectivity index (χ0) is 17.2. The van der Waals surface area contributed by atoms with Crippen LogP contribution in [-0.4, -0.2) is 38.8 Å². The summed E-state index contributed by atoms with van der Waals surface area (Å²) in [7, 11) is 1.64. The highest BCUT2D eigenvalue weighted by Crippen LogP contribution is 2.32. The first-order valence-electron chi connectivity index (χ1n) is 8.14. The maximum absolute atomic E-state index is 14.1. The van der Waals surface area contributed by atoms with Crippen molar-refractivity contribution in [1.29, 1.82) is 0 Å². The van der Waals surface area contributed by atoms with Crippen molar-refractivity contribution in [3.8, 4) is 5.75 Å². The van der Waals surface area contributed by atoms with Gasteiger partial charge in [-0.2, -0.15) is 0 Å². The van der Waals surface area contributed by atoms with Gasteiger partial charge >= 0.3 is 0 Å². The summed E-state index contributed by atoms with van der Waals surface area (Å²) in [5.41, 5.74) is 1.72. The minimum Gasteiger partial charge on any atom is -0.497 e. The van der Waals surface area contributed by atoms with Crippen molar-refractivity contribution in [2.45, 2.75) is 19.1 Å². The summed E-state index contributed by atoms with van der Waals surface area (Å²) >= 11 is 0. The Morgan fingerprint density at radius 1 is 1.12 bits per heavy atom. The molecule has 2 heterocycles. The molecule has 1 aromatic heterocycles. The van der Waals surface area contributed by atoms with Crippen LogP contribution in [0.5, 0.6) is 5.75 Å². The van der Waals surface area contributed by atoms with E-state index < -0.39 is 0 Å². The smallest absolute Gasteiger partial charge is 0.173 e. The average Bonchev–Trinajstić information content (AvgIpc) is 3.12. The maximum Gasteiger partial charge on any atom is 0.173 e. The van der Waals surface area contributed by atoms with Crippen molar-refractivity contribution in [3.05, 3.63) is 71.3 Å². The van der Waals surface area contributed by atoms with E-state index in [4.69, 9.17) is 4.74 Å². The predicted molar refractivity (Wildman–Crippen MR) is 89.5 cm³/mol. The Hall–Kier alpha value is -2.80. The third-order valence-corrected chi connectivity index (χ3v) is 4.53. The Balaban J connectivity index is 1.71. The van der Waals surface area contributed by atoms with Crippen LogP contribution in [0.2, 0.25) is 0 Å². The summed E-state index contributed by atoms with van der Waals surface area (Å²) in [6.07, 6.45) is 0. The fourth-order valence-electron chi connectivity index (χ4n) is 3.24. The molecule has 0 saturated carbocycles. The van der Waals surface area contributed by atoms with Gasteiger partial charge in [0, 0.05) is 18.7 Å². The Kier molecular flexibility index (Phi) is 4.15. The molecule has 1 unspecified atom stereocenters. The second-order valence-electron chi connectivity index (χ2n) is 6.00. The number of benzene rings is 2. The van der Waals surface area contributed by atoms with Crippen LogP contribution in [0.25, 0.3) is 0 Å². The summed E-state index contributed by atoms with van der Waals surface area (Å²) in [5.74, 6) is 1.37. The van der Waals surface area contributed by atoms with Gasteiger partial charge in [0.1, 0.15) is 11.6 Å². The van der Waals surface area contributed by atoms with Crippen molar-refractivity contribution in [3.63, 3.8) is 0 Å². The second-order valence-corrected chi connectivity index (χ2v) is 6.00. The molecular formula is C18H18FN5O. The van der Waals surface area contributed by atoms with Gasteiger partial charge in [0.2, 0.25) is 0 Å². The van der Waals surface area contributed by atoms with Gasteiger partial charge in [-0.05, 0) is 34.2 Å². The van der Waals surface area contributed by atoms with E-state index in [2.05, 4.69) is 20.4 Å². The molecule has 4 rings (SSSR count). The lowest BCUT2D eigenvalue weighted by molar-refractivity contribution is 0.162. The first-order chi connectivity index (χ1) is 12.3. The molecule has 0 radical (unpaired) electrons. The summed E-state index contributed by atoms with van der Waals surface area (Å²) in [6.45, 7) is 1.92. The van der Waals surface area contributed by atoms with E-state index in [1.54, 1.807) is 13.2 Å². The van der Waals surface area contributed by atoms with Crippen molar-refractivity contribution in [2.24, 2.45) is 0 Å². The van der Waals surface area contributed by atoms with Crippen LogP contribution in [0, 0.1) is 5.82 Å². The van der Waals surface area contributed by atoms with E-state index >= 15 is 0 Å². The van der Waals surface area contributed by atoms with E-state index in [0.717, 1.165) is 23.7 Å². The van der Waals surface area contributed by atoms with Gasteiger partial charge < -0.3 is 4.74 Å². The summed E-state index contributed by atoms with van der Waals surface area (Å²) in [4.78, 5) is 2.20. The van der Waals surface area contributed by atoms with Crippen LogP contribution >= 0.6 is 0 Å². The number of fused-ring (bicyclic) bond motifs is 1. The zero-order valence-electron chi connectivity index (χ0n) is 13.8. The minimum absolute atomic E-state index is 0.130. The topological polar surface area (TPSA) is 56.1 Å². The lowest BCUT2D eigenvalue weighted by atomic mass is 10.0. The maximum atomic E-state index is 14.1. The molecule has 128 valence electrons. The molecule has 0 bridgehead atoms. The van der Waals surface area contributed by atoms with E-state index in [1.165, 1.54) is 6.07 Å². The molecule has 1 aliphatic rings. The van der Waals surface area contributed by atoms with Crippen molar-refractivity contribution in [2.75, 3.05) is 13.7 Å². The molecular weight excluding hydrogens is 321 g/mol. The van der Waals surface area contributed by atoms with Gasteiger partial charge in [0.15, 0.2) is 5.82 Å². The molecule has 0 amide bonds. The minimum atomic E-state index is -0.193. The normalized spacial score (nSPS) is 17.3. The summed E-state index contributed by atoms with van der Waals surface area (Å²) in [6, 6.07) is 14.6. The Bertz CT molecular complexity index is 864. The third kappa shape index (κ3) is 2.98. The number of ether oxygens (including phenoxy) is 1. The molecule has 0 spiro atoms. The summed E-state index contributed by atoms with van der Waals surface area (Å²) < 4.78 is 21.2. The lowest BCUT2D eigenvalue weighted by Crippen LogP contribution is -2.39. The number of hydrogen-bond donors (Lipinski definition) is 0. The average molecular weight is 339 g/mol. The Labute approximate surface area is 144 Å². The number of hydrogen-bond acceptors (Lipinski definition) is 5. The summed E-state index contributed by atoms with van der Waals surface area (Å²) in [5, 5.41) is 12.1. The fraction of sp³-hybridized carbons (Fsp3) is 0.278. The number of nitrogens with zero attached hydrogens (tertiary/aromatic N) is 5. The highest BCUT2D eigenvalue weighted by atomic mass is 19.1. The van der Waals surface area contributed by atoms with Crippen LogP contribution in [0.3, 0.4) is 0 Å². The number of aromatic nitrogens is 4. The first kappa shape index (κ1) is 15.7. The van der Waals surface area contributed by atoms with Crippen molar-refractivity contribution < 1.29 is 9.13 Å². The van der Waals surface area contributed by atoms with E-state index in [0.29, 0.717) is 18.7 Å².